The second-order valence-electron chi connectivity index (χ2n) is 14.0. The van der Waals surface area contributed by atoms with Crippen molar-refractivity contribution in [1.82, 2.24) is 4.90 Å². The Hall–Kier alpha value is -4.77. The number of aryl methyl sites for hydroxylation is 1. The van der Waals surface area contributed by atoms with Crippen LogP contribution >= 0.6 is 11.6 Å². The molecule has 0 aromatic heterocycles. The molecule has 0 saturated carbocycles. The average Bonchev–Trinajstić information content (AvgIpc) is 3.16. The van der Waals surface area contributed by atoms with Gasteiger partial charge < -0.3 is 30.3 Å². The fourth-order valence-corrected chi connectivity index (χ4v) is 6.71. The van der Waals surface area contributed by atoms with Crippen molar-refractivity contribution in [3.8, 4) is 0 Å². The molecule has 3 N–H and O–H groups in total. The number of nitrogens with one attached hydrogen (secondary N) is 3. The van der Waals surface area contributed by atoms with Crippen LogP contribution in [0.2, 0.25) is 5.02 Å². The molecule has 2 aliphatic rings. The third-order valence-electron chi connectivity index (χ3n) is 9.91. The molecule has 2 saturated heterocycles. The maximum atomic E-state index is 14.0. The highest BCUT2D eigenvalue weighted by Crippen LogP contribution is 2.35. The molecule has 2 aliphatic heterocycles. The van der Waals surface area contributed by atoms with Crippen molar-refractivity contribution in [3.63, 3.8) is 0 Å². The molecule has 0 aliphatic carbocycles. The van der Waals surface area contributed by atoms with E-state index in [-0.39, 0.29) is 12.5 Å². The standard InChI is InChI=1S/C40H48ClFN6O2.C4H8O/c1-26(2)38-28(4)35(22-27(3)39(38)45-7)47-40(49)30-13-15-34(36(23-30)43-5)46-18-21-48-19-16-29(17-20-48)10-8-9-11-37(44-6)50-25-31-12-14-32(41)24-33(31)42;1-4-2-3-5-4/h8-9,11-15,22-24,29,45-46H,1,5-6,10,16-21,25H2,2-4,7H3,(H,47,49);4H,2-3H2,1H3/b9-8-,37-11+;/t;4-/m.1/s1. The summed E-state index contributed by atoms with van der Waals surface area (Å²) in [7, 11) is 1.89. The van der Waals surface area contributed by atoms with E-state index in [1.165, 1.54) is 12.5 Å². The van der Waals surface area contributed by atoms with Gasteiger partial charge in [0.15, 0.2) is 0 Å². The molecule has 2 fully saturated rings. The minimum Gasteiger partial charge on any atom is -0.473 e. The number of ether oxygens (including phenoxy) is 2. The molecule has 3 aromatic rings. The molecule has 1 atom stereocenters. The predicted octanol–water partition coefficient (Wildman–Crippen LogP) is 10.4. The highest BCUT2D eigenvalue weighted by Gasteiger charge is 2.19. The lowest BCUT2D eigenvalue weighted by molar-refractivity contribution is -0.0375. The predicted molar refractivity (Wildman–Crippen MR) is 229 cm³/mol. The monoisotopic (exact) mass is 770 g/mol. The van der Waals surface area contributed by atoms with Crippen LogP contribution in [-0.2, 0) is 16.1 Å². The number of aliphatic imine (C=N–C) groups is 2. The number of carbonyl (C=O) groups is 1. The minimum absolute atomic E-state index is 0.0481. The first-order valence-corrected chi connectivity index (χ1v) is 19.2. The van der Waals surface area contributed by atoms with E-state index in [0.717, 1.165) is 91.4 Å². The first-order valence-electron chi connectivity index (χ1n) is 18.8. The number of rotatable bonds is 16. The van der Waals surface area contributed by atoms with Crippen LogP contribution < -0.4 is 16.0 Å². The van der Waals surface area contributed by atoms with Gasteiger partial charge in [0.1, 0.15) is 12.4 Å². The molecular weight excluding hydrogens is 715 g/mol. The summed E-state index contributed by atoms with van der Waals surface area (Å²) in [5.74, 6) is 0.316. The fraction of sp³-hybridized carbons (Fsp3) is 0.386. The molecule has 0 bridgehead atoms. The van der Waals surface area contributed by atoms with Crippen LogP contribution in [0.4, 0.5) is 27.1 Å². The first kappa shape index (κ1) is 43.0. The Morgan fingerprint density at radius 2 is 1.84 bits per heavy atom. The third-order valence-corrected chi connectivity index (χ3v) is 10.1. The number of likely N-dealkylation sites (tertiary alicyclic amines) is 1. The van der Waals surface area contributed by atoms with Crippen LogP contribution in [-0.4, -0.2) is 70.2 Å². The van der Waals surface area contributed by atoms with Crippen LogP contribution in [0.25, 0.3) is 5.57 Å². The number of piperidine rings is 1. The summed E-state index contributed by atoms with van der Waals surface area (Å²) in [6.07, 6.45) is 10.8. The Morgan fingerprint density at radius 1 is 1.11 bits per heavy atom. The Morgan fingerprint density at radius 3 is 2.44 bits per heavy atom. The maximum absolute atomic E-state index is 14.0. The van der Waals surface area contributed by atoms with Gasteiger partial charge in [-0.25, -0.2) is 9.38 Å². The van der Waals surface area contributed by atoms with Gasteiger partial charge in [0.05, 0.1) is 17.5 Å². The molecule has 9 nitrogen and oxygen atoms in total. The van der Waals surface area contributed by atoms with Crippen LogP contribution in [0, 0.1) is 25.6 Å². The normalized spacial score (nSPS) is 16.1. The Labute approximate surface area is 331 Å². The van der Waals surface area contributed by atoms with Crippen LogP contribution in [0.15, 0.2) is 83.1 Å². The third kappa shape index (κ3) is 12.6. The average molecular weight is 771 g/mol. The number of nitrogens with zero attached hydrogens (tertiary/aromatic N) is 3. The number of anilines is 3. The Kier molecular flexibility index (Phi) is 16.7. The number of carbonyl (C=O) groups excluding carboxylic acids is 1. The van der Waals surface area contributed by atoms with Gasteiger partial charge >= 0.3 is 0 Å². The molecule has 0 unspecified atom stereocenters. The highest BCUT2D eigenvalue weighted by molar-refractivity contribution is 6.30. The lowest BCUT2D eigenvalue weighted by atomic mass is 9.93. The lowest BCUT2D eigenvalue weighted by Gasteiger charge is -2.31. The number of amides is 1. The molecule has 5 rings (SSSR count). The topological polar surface area (TPSA) is 99.6 Å². The second-order valence-corrected chi connectivity index (χ2v) is 14.5. The molecule has 3 aromatic carbocycles. The van der Waals surface area contributed by atoms with E-state index in [4.69, 9.17) is 21.1 Å². The van der Waals surface area contributed by atoms with Crippen molar-refractivity contribution in [3.05, 3.63) is 112 Å². The minimum atomic E-state index is -0.414. The first-order chi connectivity index (χ1) is 26.4. The van der Waals surface area contributed by atoms with Gasteiger partial charge in [-0.05, 0) is 145 Å². The van der Waals surface area contributed by atoms with E-state index in [2.05, 4.69) is 63.8 Å². The molecule has 0 radical (unpaired) electrons. The van der Waals surface area contributed by atoms with Gasteiger partial charge in [0.25, 0.3) is 5.91 Å². The molecule has 1 amide bonds. The van der Waals surface area contributed by atoms with Gasteiger partial charge in [-0.2, -0.15) is 0 Å². The van der Waals surface area contributed by atoms with Crippen LogP contribution in [0.3, 0.4) is 0 Å². The summed E-state index contributed by atoms with van der Waals surface area (Å²) in [5.41, 5.74) is 8.10. The zero-order valence-electron chi connectivity index (χ0n) is 32.9. The zero-order chi connectivity index (χ0) is 39.9. The number of benzene rings is 3. The summed E-state index contributed by atoms with van der Waals surface area (Å²) in [5, 5.41) is 10.2. The maximum Gasteiger partial charge on any atom is 0.255 e. The van der Waals surface area contributed by atoms with E-state index in [0.29, 0.717) is 39.7 Å². The van der Waals surface area contributed by atoms with Crippen molar-refractivity contribution >= 4 is 59.3 Å². The molecule has 294 valence electrons. The van der Waals surface area contributed by atoms with Gasteiger partial charge in [-0.1, -0.05) is 36.4 Å². The molecular formula is C44H56ClFN6O3. The molecule has 2 heterocycles. The lowest BCUT2D eigenvalue weighted by Crippen LogP contribution is -2.36. The summed E-state index contributed by atoms with van der Waals surface area (Å²) < 4.78 is 24.5. The smallest absolute Gasteiger partial charge is 0.255 e. The number of hydrogen-bond acceptors (Lipinski definition) is 8. The van der Waals surface area contributed by atoms with E-state index in [1.54, 1.807) is 24.3 Å². The van der Waals surface area contributed by atoms with Crippen molar-refractivity contribution in [1.29, 1.82) is 0 Å². The SMILES string of the molecule is C=N/C(=C\C=C/CC1CCN(CCNc2ccc(C(=O)Nc3cc(C)c(NC)c(C(=C)C)c3C)cc2N=C)CC1)OCc1ccc(Cl)cc1F.C[C@@H]1CCO1. The molecule has 0 spiro atoms. The largest absolute Gasteiger partial charge is 0.473 e. The molecule has 11 heteroatoms. The Balaban J connectivity index is 0.00000124. The number of allylic oxidation sites excluding steroid dienone is 4. The summed E-state index contributed by atoms with van der Waals surface area (Å²) in [6, 6.07) is 11.9. The van der Waals surface area contributed by atoms with E-state index in [1.807, 2.05) is 52.1 Å². The highest BCUT2D eigenvalue weighted by atomic mass is 35.5. The fourth-order valence-electron chi connectivity index (χ4n) is 6.56. The molecule has 55 heavy (non-hydrogen) atoms. The number of hydrogen-bond donors (Lipinski definition) is 3. The van der Waals surface area contributed by atoms with E-state index in [9.17, 15) is 9.18 Å². The van der Waals surface area contributed by atoms with Crippen molar-refractivity contribution < 1.29 is 18.7 Å². The van der Waals surface area contributed by atoms with Crippen molar-refractivity contribution in [2.24, 2.45) is 15.9 Å². The van der Waals surface area contributed by atoms with E-state index < -0.39 is 5.82 Å². The van der Waals surface area contributed by atoms with Gasteiger partial charge in [-0.3, -0.25) is 9.79 Å². The summed E-state index contributed by atoms with van der Waals surface area (Å²) in [6.45, 7) is 24.2. The van der Waals surface area contributed by atoms with Crippen molar-refractivity contribution in [2.45, 2.75) is 66.1 Å². The number of halogens is 2. The van der Waals surface area contributed by atoms with Crippen LogP contribution in [0.5, 0.6) is 0 Å². The second kappa shape index (κ2) is 21.4. The summed E-state index contributed by atoms with van der Waals surface area (Å²) >= 11 is 5.82. The van der Waals surface area contributed by atoms with E-state index >= 15 is 0 Å². The zero-order valence-corrected chi connectivity index (χ0v) is 33.7. The van der Waals surface area contributed by atoms with Gasteiger partial charge in [-0.15, -0.1) is 0 Å². The van der Waals surface area contributed by atoms with Crippen LogP contribution in [0.1, 0.15) is 72.1 Å². The quantitative estimate of drug-likeness (QED) is 0.0762. The Bertz CT molecular complexity index is 1880. The van der Waals surface area contributed by atoms with Crippen molar-refractivity contribution in [2.75, 3.05) is 55.8 Å². The van der Waals surface area contributed by atoms with Gasteiger partial charge in [0, 0.05) is 59.8 Å². The summed E-state index contributed by atoms with van der Waals surface area (Å²) in [4.78, 5) is 23.8. The van der Waals surface area contributed by atoms with Gasteiger partial charge in [0.2, 0.25) is 5.88 Å².